The number of rotatable bonds is 4. The zero-order chi connectivity index (χ0) is 13.2. The molecule has 0 amide bonds. The molecular formula is C14H27N3. The number of hydrogen-bond donors (Lipinski definition) is 1. The molecular weight excluding hydrogens is 210 g/mol. The highest BCUT2D eigenvalue weighted by Crippen LogP contribution is 2.31. The summed E-state index contributed by atoms with van der Waals surface area (Å²) in [6.45, 7) is 14.1. The zero-order valence-corrected chi connectivity index (χ0v) is 12.2. The van der Waals surface area contributed by atoms with Gasteiger partial charge in [0, 0.05) is 17.9 Å². The smallest absolute Gasteiger partial charge is 0.127 e. The molecule has 0 bridgehead atoms. The number of nitrogens with two attached hydrogens (primary N) is 1. The Hall–Kier alpha value is -0.990. The Balaban J connectivity index is 3.29. The SMILES string of the molecule is CCCn1c(C(C)(C)C)nc(C(C)CC)c1N. The van der Waals surface area contributed by atoms with Gasteiger partial charge in [0.25, 0.3) is 0 Å². The second-order valence-corrected chi connectivity index (χ2v) is 5.92. The van der Waals surface area contributed by atoms with E-state index in [1.807, 2.05) is 0 Å². The second kappa shape index (κ2) is 5.11. The van der Waals surface area contributed by atoms with Gasteiger partial charge < -0.3 is 10.3 Å². The molecule has 17 heavy (non-hydrogen) atoms. The van der Waals surface area contributed by atoms with Crippen LogP contribution in [0, 0.1) is 0 Å². The largest absolute Gasteiger partial charge is 0.384 e. The quantitative estimate of drug-likeness (QED) is 0.868. The van der Waals surface area contributed by atoms with Gasteiger partial charge >= 0.3 is 0 Å². The van der Waals surface area contributed by atoms with E-state index in [1.165, 1.54) is 0 Å². The fourth-order valence-electron chi connectivity index (χ4n) is 2.06. The summed E-state index contributed by atoms with van der Waals surface area (Å²) in [4.78, 5) is 4.81. The van der Waals surface area contributed by atoms with Crippen molar-refractivity contribution in [2.45, 2.75) is 72.3 Å². The molecule has 1 rings (SSSR count). The van der Waals surface area contributed by atoms with E-state index in [1.54, 1.807) is 0 Å². The average Bonchev–Trinajstić information content (AvgIpc) is 2.56. The Morgan fingerprint density at radius 2 is 1.88 bits per heavy atom. The third-order valence-corrected chi connectivity index (χ3v) is 3.23. The van der Waals surface area contributed by atoms with Gasteiger partial charge in [-0.25, -0.2) is 4.98 Å². The van der Waals surface area contributed by atoms with Gasteiger partial charge in [-0.2, -0.15) is 0 Å². The number of anilines is 1. The maximum Gasteiger partial charge on any atom is 0.127 e. The molecule has 0 fully saturated rings. The van der Waals surface area contributed by atoms with Crippen LogP contribution in [0.25, 0.3) is 0 Å². The lowest BCUT2D eigenvalue weighted by Gasteiger charge is -2.19. The van der Waals surface area contributed by atoms with Gasteiger partial charge in [-0.3, -0.25) is 0 Å². The van der Waals surface area contributed by atoms with Crippen molar-refractivity contribution in [1.29, 1.82) is 0 Å². The minimum absolute atomic E-state index is 0.0506. The fourth-order valence-corrected chi connectivity index (χ4v) is 2.06. The molecule has 0 aliphatic carbocycles. The molecule has 0 saturated carbocycles. The Morgan fingerprint density at radius 1 is 1.29 bits per heavy atom. The van der Waals surface area contributed by atoms with Crippen LogP contribution in [0.4, 0.5) is 5.82 Å². The minimum Gasteiger partial charge on any atom is -0.384 e. The number of nitrogens with zero attached hydrogens (tertiary/aromatic N) is 2. The third-order valence-electron chi connectivity index (χ3n) is 3.23. The molecule has 0 spiro atoms. The summed E-state index contributed by atoms with van der Waals surface area (Å²) < 4.78 is 2.20. The van der Waals surface area contributed by atoms with Gasteiger partial charge in [0.1, 0.15) is 11.6 Å². The van der Waals surface area contributed by atoms with Gasteiger partial charge in [-0.05, 0) is 12.8 Å². The maximum absolute atomic E-state index is 6.26. The lowest BCUT2D eigenvalue weighted by Crippen LogP contribution is -2.19. The van der Waals surface area contributed by atoms with Gasteiger partial charge in [0.15, 0.2) is 0 Å². The molecule has 1 aromatic heterocycles. The number of aromatic nitrogens is 2. The summed E-state index contributed by atoms with van der Waals surface area (Å²) in [5.41, 5.74) is 7.39. The fraction of sp³-hybridized carbons (Fsp3) is 0.786. The summed E-state index contributed by atoms with van der Waals surface area (Å²) in [6, 6.07) is 0. The summed E-state index contributed by atoms with van der Waals surface area (Å²) in [7, 11) is 0. The van der Waals surface area contributed by atoms with Crippen molar-refractivity contribution in [2.24, 2.45) is 0 Å². The third kappa shape index (κ3) is 2.82. The average molecular weight is 237 g/mol. The van der Waals surface area contributed by atoms with Crippen molar-refractivity contribution in [3.05, 3.63) is 11.5 Å². The van der Waals surface area contributed by atoms with Crippen LogP contribution >= 0.6 is 0 Å². The number of nitrogen functional groups attached to an aromatic ring is 1. The highest BCUT2D eigenvalue weighted by Gasteiger charge is 2.25. The molecule has 0 saturated heterocycles. The van der Waals surface area contributed by atoms with Gasteiger partial charge in [-0.1, -0.05) is 41.5 Å². The normalized spacial score (nSPS) is 14.0. The topological polar surface area (TPSA) is 43.8 Å². The molecule has 3 nitrogen and oxygen atoms in total. The monoisotopic (exact) mass is 237 g/mol. The van der Waals surface area contributed by atoms with Crippen LogP contribution in [0.5, 0.6) is 0 Å². The van der Waals surface area contributed by atoms with Crippen molar-refractivity contribution >= 4 is 5.82 Å². The van der Waals surface area contributed by atoms with Crippen LogP contribution < -0.4 is 5.73 Å². The Bertz CT molecular complexity index is 372. The predicted molar refractivity (Wildman–Crippen MR) is 74.3 cm³/mol. The Morgan fingerprint density at radius 3 is 2.29 bits per heavy atom. The van der Waals surface area contributed by atoms with Crippen LogP contribution in [0.1, 0.15) is 71.8 Å². The molecule has 0 aliphatic rings. The number of imidazole rings is 1. The first-order chi connectivity index (χ1) is 7.82. The first-order valence-corrected chi connectivity index (χ1v) is 6.69. The van der Waals surface area contributed by atoms with Gasteiger partial charge in [0.2, 0.25) is 0 Å². The molecule has 1 unspecified atom stereocenters. The molecule has 1 aromatic rings. The highest BCUT2D eigenvalue weighted by atomic mass is 15.2. The van der Waals surface area contributed by atoms with Gasteiger partial charge in [0.05, 0.1) is 5.69 Å². The first-order valence-electron chi connectivity index (χ1n) is 6.69. The molecule has 1 heterocycles. The van der Waals surface area contributed by atoms with E-state index in [0.29, 0.717) is 5.92 Å². The molecule has 98 valence electrons. The standard InChI is InChI=1S/C14H27N3/c1-7-9-17-12(15)11(10(3)8-2)16-13(17)14(4,5)6/h10H,7-9,15H2,1-6H3. The van der Waals surface area contributed by atoms with E-state index in [0.717, 1.165) is 36.7 Å². The molecule has 2 N–H and O–H groups in total. The van der Waals surface area contributed by atoms with E-state index in [2.05, 4.69) is 46.1 Å². The molecule has 0 aliphatic heterocycles. The summed E-state index contributed by atoms with van der Waals surface area (Å²) in [5, 5.41) is 0. The summed E-state index contributed by atoms with van der Waals surface area (Å²) in [6.07, 6.45) is 2.17. The summed E-state index contributed by atoms with van der Waals surface area (Å²) in [5.74, 6) is 2.42. The lowest BCUT2D eigenvalue weighted by molar-refractivity contribution is 0.497. The second-order valence-electron chi connectivity index (χ2n) is 5.92. The first kappa shape index (κ1) is 14.1. The van der Waals surface area contributed by atoms with Crippen molar-refractivity contribution in [3.63, 3.8) is 0 Å². The molecule has 0 radical (unpaired) electrons. The minimum atomic E-state index is 0.0506. The van der Waals surface area contributed by atoms with E-state index < -0.39 is 0 Å². The lowest BCUT2D eigenvalue weighted by atomic mass is 9.95. The van der Waals surface area contributed by atoms with Crippen LogP contribution in [-0.2, 0) is 12.0 Å². The predicted octanol–water partition coefficient (Wildman–Crippen LogP) is 3.69. The van der Waals surface area contributed by atoms with Crippen molar-refractivity contribution in [2.75, 3.05) is 5.73 Å². The van der Waals surface area contributed by atoms with Crippen LogP contribution in [0.3, 0.4) is 0 Å². The molecule has 1 atom stereocenters. The van der Waals surface area contributed by atoms with E-state index in [-0.39, 0.29) is 5.41 Å². The summed E-state index contributed by atoms with van der Waals surface area (Å²) >= 11 is 0. The van der Waals surface area contributed by atoms with Gasteiger partial charge in [-0.15, -0.1) is 0 Å². The van der Waals surface area contributed by atoms with Crippen LogP contribution in [0.15, 0.2) is 0 Å². The van der Waals surface area contributed by atoms with E-state index in [4.69, 9.17) is 10.7 Å². The van der Waals surface area contributed by atoms with Crippen molar-refractivity contribution < 1.29 is 0 Å². The zero-order valence-electron chi connectivity index (χ0n) is 12.2. The van der Waals surface area contributed by atoms with E-state index >= 15 is 0 Å². The maximum atomic E-state index is 6.26. The van der Waals surface area contributed by atoms with Crippen LogP contribution in [0.2, 0.25) is 0 Å². The molecule has 3 heteroatoms. The van der Waals surface area contributed by atoms with Crippen molar-refractivity contribution in [1.82, 2.24) is 9.55 Å². The highest BCUT2D eigenvalue weighted by molar-refractivity contribution is 5.41. The van der Waals surface area contributed by atoms with Crippen molar-refractivity contribution in [3.8, 4) is 0 Å². The Labute approximate surface area is 105 Å². The Kier molecular flexibility index (Phi) is 4.23. The van der Waals surface area contributed by atoms with E-state index in [9.17, 15) is 0 Å². The van der Waals surface area contributed by atoms with Crippen LogP contribution in [-0.4, -0.2) is 9.55 Å². The number of hydrogen-bond acceptors (Lipinski definition) is 2. The molecule has 0 aromatic carbocycles.